The van der Waals surface area contributed by atoms with E-state index in [4.69, 9.17) is 4.42 Å². The van der Waals surface area contributed by atoms with E-state index >= 15 is 0 Å². The molecule has 2 aliphatic rings. The van der Waals surface area contributed by atoms with Crippen molar-refractivity contribution in [3.8, 4) is 0 Å². The molecule has 2 aromatic rings. The van der Waals surface area contributed by atoms with E-state index in [2.05, 4.69) is 33.9 Å². The minimum atomic E-state index is -0.204. The Morgan fingerprint density at radius 3 is 2.44 bits per heavy atom. The average Bonchev–Trinajstić information content (AvgIpc) is 3.23. The summed E-state index contributed by atoms with van der Waals surface area (Å²) in [6.45, 7) is 5.58. The number of anilines is 1. The van der Waals surface area contributed by atoms with Crippen LogP contribution in [0.15, 0.2) is 35.3 Å². The molecule has 0 aliphatic carbocycles. The maximum absolute atomic E-state index is 13.0. The molecule has 1 spiro atoms. The summed E-state index contributed by atoms with van der Waals surface area (Å²) < 4.78 is 5.82. The molecule has 4 rings (SSSR count). The first kappa shape index (κ1) is 16.3. The molecule has 2 aliphatic heterocycles. The first-order valence-electron chi connectivity index (χ1n) is 9.07. The van der Waals surface area contributed by atoms with Crippen LogP contribution in [-0.4, -0.2) is 40.4 Å². The number of carbonyl (C=O) groups excluding carboxylic acids is 1. The quantitative estimate of drug-likeness (QED) is 0.856. The van der Waals surface area contributed by atoms with Gasteiger partial charge < -0.3 is 9.32 Å². The van der Waals surface area contributed by atoms with Crippen molar-refractivity contribution in [3.63, 3.8) is 0 Å². The van der Waals surface area contributed by atoms with E-state index in [-0.39, 0.29) is 11.3 Å². The summed E-state index contributed by atoms with van der Waals surface area (Å²) >= 11 is 0. The fourth-order valence-corrected chi connectivity index (χ4v) is 4.02. The molecule has 2 fully saturated rings. The smallest absolute Gasteiger partial charge is 0.233 e. The van der Waals surface area contributed by atoms with E-state index in [1.807, 2.05) is 4.90 Å². The highest BCUT2D eigenvalue weighted by atomic mass is 16.3. The standard InChI is InChI=1S/C19H24N4O2/c1-2-16-3-4-17(25-16)13-22-8-5-19(6-9-22)7-10-23(18(19)24)15-11-20-14-21-12-15/h3-4,11-12,14H,2,5-10,13H2,1H3. The first-order valence-corrected chi connectivity index (χ1v) is 9.07. The lowest BCUT2D eigenvalue weighted by Gasteiger charge is -2.37. The Morgan fingerprint density at radius 2 is 1.76 bits per heavy atom. The van der Waals surface area contributed by atoms with Crippen molar-refractivity contribution in [2.24, 2.45) is 5.41 Å². The Balaban J connectivity index is 1.38. The maximum atomic E-state index is 13.0. The second-order valence-electron chi connectivity index (χ2n) is 7.08. The summed E-state index contributed by atoms with van der Waals surface area (Å²) in [5.41, 5.74) is 0.610. The molecule has 0 radical (unpaired) electrons. The zero-order valence-corrected chi connectivity index (χ0v) is 14.6. The molecule has 2 saturated heterocycles. The third kappa shape index (κ3) is 3.06. The van der Waals surface area contributed by atoms with Gasteiger partial charge in [0.05, 0.1) is 30.0 Å². The second-order valence-corrected chi connectivity index (χ2v) is 7.08. The minimum Gasteiger partial charge on any atom is -0.465 e. The van der Waals surface area contributed by atoms with Crippen molar-refractivity contribution in [2.75, 3.05) is 24.5 Å². The fraction of sp³-hybridized carbons (Fsp3) is 0.526. The number of amides is 1. The molecular formula is C19H24N4O2. The van der Waals surface area contributed by atoms with Crippen LogP contribution in [0.1, 0.15) is 37.7 Å². The molecule has 1 amide bonds. The van der Waals surface area contributed by atoms with Crippen LogP contribution in [0.25, 0.3) is 0 Å². The van der Waals surface area contributed by atoms with Crippen molar-refractivity contribution >= 4 is 11.6 Å². The Morgan fingerprint density at radius 1 is 1.08 bits per heavy atom. The molecular weight excluding hydrogens is 316 g/mol. The van der Waals surface area contributed by atoms with Gasteiger partial charge in [-0.3, -0.25) is 9.69 Å². The van der Waals surface area contributed by atoms with Gasteiger partial charge in [0.25, 0.3) is 0 Å². The fourth-order valence-electron chi connectivity index (χ4n) is 4.02. The molecule has 132 valence electrons. The number of hydrogen-bond donors (Lipinski definition) is 0. The van der Waals surface area contributed by atoms with Gasteiger partial charge in [0, 0.05) is 13.0 Å². The van der Waals surface area contributed by atoms with Gasteiger partial charge in [-0.25, -0.2) is 9.97 Å². The third-order valence-corrected chi connectivity index (χ3v) is 5.63. The number of piperidine rings is 1. The van der Waals surface area contributed by atoms with E-state index < -0.39 is 0 Å². The molecule has 2 aromatic heterocycles. The van der Waals surface area contributed by atoms with E-state index in [0.717, 1.165) is 69.1 Å². The van der Waals surface area contributed by atoms with Gasteiger partial charge in [-0.1, -0.05) is 6.92 Å². The predicted molar refractivity (Wildman–Crippen MR) is 94.0 cm³/mol. The van der Waals surface area contributed by atoms with Crippen LogP contribution >= 0.6 is 0 Å². The van der Waals surface area contributed by atoms with Crippen LogP contribution in [-0.2, 0) is 17.8 Å². The van der Waals surface area contributed by atoms with Crippen LogP contribution in [0.4, 0.5) is 5.69 Å². The molecule has 0 N–H and O–H groups in total. The van der Waals surface area contributed by atoms with Crippen molar-refractivity contribution in [1.82, 2.24) is 14.9 Å². The van der Waals surface area contributed by atoms with Crippen LogP contribution in [0.5, 0.6) is 0 Å². The molecule has 0 unspecified atom stereocenters. The topological polar surface area (TPSA) is 62.5 Å². The lowest BCUT2D eigenvalue weighted by molar-refractivity contribution is -0.128. The number of carbonyl (C=O) groups is 1. The Hall–Kier alpha value is -2.21. The van der Waals surface area contributed by atoms with Crippen molar-refractivity contribution in [3.05, 3.63) is 42.4 Å². The van der Waals surface area contributed by atoms with Crippen LogP contribution in [0.3, 0.4) is 0 Å². The molecule has 4 heterocycles. The molecule has 0 saturated carbocycles. The number of aromatic nitrogens is 2. The van der Waals surface area contributed by atoms with Gasteiger partial charge in [0.1, 0.15) is 17.8 Å². The molecule has 0 aromatic carbocycles. The highest BCUT2D eigenvalue weighted by molar-refractivity contribution is 5.99. The number of aryl methyl sites for hydroxylation is 1. The lowest BCUT2D eigenvalue weighted by atomic mass is 9.77. The van der Waals surface area contributed by atoms with Gasteiger partial charge in [0.2, 0.25) is 5.91 Å². The number of furan rings is 1. The van der Waals surface area contributed by atoms with E-state index in [1.54, 1.807) is 12.4 Å². The van der Waals surface area contributed by atoms with Crippen LogP contribution in [0, 0.1) is 5.41 Å². The zero-order valence-electron chi connectivity index (χ0n) is 14.6. The predicted octanol–water partition coefficient (Wildman–Crippen LogP) is 2.65. The molecule has 0 bridgehead atoms. The SMILES string of the molecule is CCc1ccc(CN2CCC3(CC2)CCN(c2cncnc2)C3=O)o1. The number of hydrogen-bond acceptors (Lipinski definition) is 5. The average molecular weight is 340 g/mol. The number of rotatable bonds is 4. The summed E-state index contributed by atoms with van der Waals surface area (Å²) in [7, 11) is 0. The van der Waals surface area contributed by atoms with E-state index in [0.29, 0.717) is 0 Å². The Kier molecular flexibility index (Phi) is 4.29. The van der Waals surface area contributed by atoms with E-state index in [9.17, 15) is 4.79 Å². The summed E-state index contributed by atoms with van der Waals surface area (Å²) in [6.07, 6.45) is 8.63. The molecule has 6 heteroatoms. The van der Waals surface area contributed by atoms with E-state index in [1.165, 1.54) is 6.33 Å². The van der Waals surface area contributed by atoms with Crippen molar-refractivity contribution in [2.45, 2.75) is 39.2 Å². The molecule has 25 heavy (non-hydrogen) atoms. The zero-order chi connectivity index (χ0) is 17.3. The van der Waals surface area contributed by atoms with Gasteiger partial charge in [0.15, 0.2) is 0 Å². The maximum Gasteiger partial charge on any atom is 0.233 e. The minimum absolute atomic E-state index is 0.204. The highest BCUT2D eigenvalue weighted by Gasteiger charge is 2.48. The first-order chi connectivity index (χ1) is 12.2. The Labute approximate surface area is 147 Å². The summed E-state index contributed by atoms with van der Waals surface area (Å²) in [6, 6.07) is 4.13. The second kappa shape index (κ2) is 6.59. The van der Waals surface area contributed by atoms with Crippen molar-refractivity contribution < 1.29 is 9.21 Å². The van der Waals surface area contributed by atoms with Gasteiger partial charge in [-0.15, -0.1) is 0 Å². The lowest BCUT2D eigenvalue weighted by Crippen LogP contribution is -2.44. The van der Waals surface area contributed by atoms with Crippen molar-refractivity contribution in [1.29, 1.82) is 0 Å². The largest absolute Gasteiger partial charge is 0.465 e. The highest BCUT2D eigenvalue weighted by Crippen LogP contribution is 2.43. The van der Waals surface area contributed by atoms with Gasteiger partial charge in [-0.2, -0.15) is 0 Å². The van der Waals surface area contributed by atoms with Crippen LogP contribution in [0.2, 0.25) is 0 Å². The van der Waals surface area contributed by atoms with Crippen LogP contribution < -0.4 is 4.90 Å². The normalized spacial score (nSPS) is 20.5. The number of nitrogens with zero attached hydrogens (tertiary/aromatic N) is 4. The summed E-state index contributed by atoms with van der Waals surface area (Å²) in [5, 5.41) is 0. The Bertz CT molecular complexity index is 735. The summed E-state index contributed by atoms with van der Waals surface area (Å²) in [5.74, 6) is 2.30. The molecule has 6 nitrogen and oxygen atoms in total. The monoisotopic (exact) mass is 340 g/mol. The third-order valence-electron chi connectivity index (χ3n) is 5.63. The summed E-state index contributed by atoms with van der Waals surface area (Å²) in [4.78, 5) is 25.4. The number of likely N-dealkylation sites (tertiary alicyclic amines) is 1. The van der Waals surface area contributed by atoms with Gasteiger partial charge in [-0.05, 0) is 44.5 Å². The van der Waals surface area contributed by atoms with Gasteiger partial charge >= 0.3 is 0 Å². The molecule has 0 atom stereocenters.